The summed E-state index contributed by atoms with van der Waals surface area (Å²) in [6.45, 7) is 5.84. The van der Waals surface area contributed by atoms with Crippen molar-refractivity contribution in [3.05, 3.63) is 46.6 Å². The molecule has 0 saturated heterocycles. The molecule has 1 aromatic carbocycles. The number of benzene rings is 1. The van der Waals surface area contributed by atoms with Gasteiger partial charge in [0.1, 0.15) is 12.1 Å². The van der Waals surface area contributed by atoms with Crippen molar-refractivity contribution in [2.24, 2.45) is 10.4 Å². The maximum absolute atomic E-state index is 12.2. The Morgan fingerprint density at radius 1 is 1.20 bits per heavy atom. The number of amides is 1. The zero-order chi connectivity index (χ0) is 25.0. The van der Waals surface area contributed by atoms with Crippen molar-refractivity contribution in [2.75, 3.05) is 13.7 Å². The number of ether oxygens (including phenoxy) is 2. The normalized spacial score (nSPS) is 27.6. The third-order valence-electron chi connectivity index (χ3n) is 7.86. The van der Waals surface area contributed by atoms with Gasteiger partial charge < -0.3 is 14.6 Å². The lowest BCUT2D eigenvalue weighted by molar-refractivity contribution is -0.0103. The Kier molecular flexibility index (Phi) is 5.79. The van der Waals surface area contributed by atoms with Crippen LogP contribution < -0.4 is 0 Å². The van der Waals surface area contributed by atoms with Gasteiger partial charge in [0.2, 0.25) is 0 Å². The fourth-order valence-corrected chi connectivity index (χ4v) is 6.19. The molecule has 35 heavy (non-hydrogen) atoms. The molecule has 1 N–H and O–H groups in total. The second-order valence-electron chi connectivity index (χ2n) is 10.8. The molecule has 1 saturated carbocycles. The number of aromatic nitrogens is 2. The molecule has 2 aliphatic carbocycles. The maximum Gasteiger partial charge on any atom is 0.415 e. The van der Waals surface area contributed by atoms with Crippen LogP contribution in [0.1, 0.15) is 57.6 Å². The lowest BCUT2D eigenvalue weighted by Crippen LogP contribution is -2.49. The van der Waals surface area contributed by atoms with Gasteiger partial charge in [0.05, 0.1) is 11.8 Å². The Morgan fingerprint density at radius 3 is 2.54 bits per heavy atom. The Hall–Kier alpha value is -2.71. The van der Waals surface area contributed by atoms with Gasteiger partial charge >= 0.3 is 6.09 Å². The molecule has 186 valence electrons. The van der Waals surface area contributed by atoms with Crippen molar-refractivity contribution in [3.8, 4) is 11.3 Å². The van der Waals surface area contributed by atoms with Gasteiger partial charge in [-0.05, 0) is 82.2 Å². The molecule has 8 nitrogen and oxygen atoms in total. The minimum atomic E-state index is -1.08. The molecule has 1 aliphatic heterocycles. The van der Waals surface area contributed by atoms with Crippen LogP contribution in [0.15, 0.2) is 35.3 Å². The number of fused-ring (bicyclic) bond motifs is 3. The molecule has 1 amide bonds. The number of carboxylic acid groups (broad SMARTS) is 1. The van der Waals surface area contributed by atoms with E-state index in [1.54, 1.807) is 13.2 Å². The molecular weight excluding hydrogens is 468 g/mol. The number of rotatable bonds is 2. The summed E-state index contributed by atoms with van der Waals surface area (Å²) in [4.78, 5) is 18.6. The van der Waals surface area contributed by atoms with Crippen molar-refractivity contribution < 1.29 is 19.4 Å². The SMILES string of the molecule is COC1CCC2(CC1)Cc1ccc(-c3ccc(Cl)nn3)cc1C21COC(N(C(=O)O)C(C)(C)C)=N1. The zero-order valence-electron chi connectivity index (χ0n) is 20.5. The third kappa shape index (κ3) is 3.87. The summed E-state index contributed by atoms with van der Waals surface area (Å²) in [6, 6.07) is 10.1. The molecule has 1 fully saturated rings. The molecule has 1 atom stereocenters. The fourth-order valence-electron chi connectivity index (χ4n) is 6.09. The van der Waals surface area contributed by atoms with Crippen LogP contribution in [0.5, 0.6) is 0 Å². The van der Waals surface area contributed by atoms with E-state index in [-0.39, 0.29) is 17.5 Å². The van der Waals surface area contributed by atoms with Gasteiger partial charge in [-0.15, -0.1) is 10.2 Å². The number of carbonyl (C=O) groups is 1. The summed E-state index contributed by atoms with van der Waals surface area (Å²) in [5, 5.41) is 18.6. The van der Waals surface area contributed by atoms with Crippen molar-refractivity contribution >= 4 is 23.7 Å². The van der Waals surface area contributed by atoms with E-state index in [1.165, 1.54) is 10.5 Å². The van der Waals surface area contributed by atoms with Crippen LogP contribution >= 0.6 is 11.6 Å². The summed E-state index contributed by atoms with van der Waals surface area (Å²) in [6.07, 6.45) is 3.76. The van der Waals surface area contributed by atoms with E-state index >= 15 is 0 Å². The second kappa shape index (κ2) is 8.45. The van der Waals surface area contributed by atoms with Crippen LogP contribution in [0.25, 0.3) is 11.3 Å². The predicted molar refractivity (Wildman–Crippen MR) is 133 cm³/mol. The van der Waals surface area contributed by atoms with Crippen LogP contribution in [0, 0.1) is 5.41 Å². The van der Waals surface area contributed by atoms with E-state index in [0.29, 0.717) is 11.8 Å². The lowest BCUT2D eigenvalue weighted by Gasteiger charge is -2.45. The highest BCUT2D eigenvalue weighted by Crippen LogP contribution is 2.61. The average molecular weight is 499 g/mol. The monoisotopic (exact) mass is 498 g/mol. The first-order valence-electron chi connectivity index (χ1n) is 12.0. The first-order chi connectivity index (χ1) is 16.6. The maximum atomic E-state index is 12.2. The molecule has 3 aliphatic rings. The standard InChI is InChI=1S/C26H31ClN4O4/c1-24(2,3)31(23(32)33)22-28-26(15-35-22)19-13-16(20-7-8-21(27)30-29-20)5-6-17(19)14-25(26)11-9-18(34-4)10-12-25/h5-8,13,18H,9-12,14-15H2,1-4H3,(H,32,33). The number of amidine groups is 1. The smallest absolute Gasteiger partial charge is 0.415 e. The van der Waals surface area contributed by atoms with Crippen molar-refractivity contribution in [2.45, 2.75) is 70.1 Å². The summed E-state index contributed by atoms with van der Waals surface area (Å²) in [7, 11) is 1.77. The average Bonchev–Trinajstić information content (AvgIpc) is 3.34. The highest BCUT2D eigenvalue weighted by molar-refractivity contribution is 6.29. The lowest BCUT2D eigenvalue weighted by atomic mass is 9.62. The molecule has 0 radical (unpaired) electrons. The van der Waals surface area contributed by atoms with Crippen LogP contribution in [0.3, 0.4) is 0 Å². The topological polar surface area (TPSA) is 97.1 Å². The minimum absolute atomic E-state index is 0.168. The Morgan fingerprint density at radius 2 is 1.94 bits per heavy atom. The first kappa shape index (κ1) is 24.0. The summed E-state index contributed by atoms with van der Waals surface area (Å²) in [5.74, 6) is 0. The van der Waals surface area contributed by atoms with Gasteiger partial charge in [0.15, 0.2) is 5.15 Å². The molecule has 9 heteroatoms. The number of halogens is 1. The summed E-state index contributed by atoms with van der Waals surface area (Å²) in [5.41, 5.74) is 2.41. The van der Waals surface area contributed by atoms with Crippen molar-refractivity contribution in [1.29, 1.82) is 0 Å². The van der Waals surface area contributed by atoms with Gasteiger partial charge in [0, 0.05) is 23.6 Å². The molecule has 5 rings (SSSR count). The van der Waals surface area contributed by atoms with Gasteiger partial charge in [-0.3, -0.25) is 0 Å². The Labute approximate surface area is 210 Å². The number of nitrogens with zero attached hydrogens (tertiary/aromatic N) is 4. The van der Waals surface area contributed by atoms with Gasteiger partial charge in [-0.1, -0.05) is 23.7 Å². The number of hydrogen-bond donors (Lipinski definition) is 1. The van der Waals surface area contributed by atoms with Gasteiger partial charge in [-0.25, -0.2) is 14.7 Å². The molecule has 0 bridgehead atoms. The number of hydrogen-bond acceptors (Lipinski definition) is 6. The Balaban J connectivity index is 1.64. The van der Waals surface area contributed by atoms with E-state index in [4.69, 9.17) is 26.1 Å². The van der Waals surface area contributed by atoms with E-state index in [1.807, 2.05) is 26.8 Å². The molecule has 1 aromatic heterocycles. The van der Waals surface area contributed by atoms with Crippen LogP contribution in [0.2, 0.25) is 5.15 Å². The van der Waals surface area contributed by atoms with Crippen LogP contribution in [0.4, 0.5) is 4.79 Å². The van der Waals surface area contributed by atoms with Crippen molar-refractivity contribution in [3.63, 3.8) is 0 Å². The van der Waals surface area contributed by atoms with E-state index < -0.39 is 17.2 Å². The van der Waals surface area contributed by atoms with E-state index in [9.17, 15) is 9.90 Å². The quantitative estimate of drug-likeness (QED) is 0.604. The van der Waals surface area contributed by atoms with Gasteiger partial charge in [0.25, 0.3) is 6.02 Å². The number of methoxy groups -OCH3 is 1. The minimum Gasteiger partial charge on any atom is -0.465 e. The second-order valence-corrected chi connectivity index (χ2v) is 11.2. The highest BCUT2D eigenvalue weighted by atomic mass is 35.5. The summed E-state index contributed by atoms with van der Waals surface area (Å²) < 4.78 is 11.8. The molecule has 2 spiro atoms. The van der Waals surface area contributed by atoms with E-state index in [2.05, 4.69) is 28.4 Å². The molecule has 1 unspecified atom stereocenters. The third-order valence-corrected chi connectivity index (χ3v) is 8.06. The molecular formula is C26H31ClN4O4. The predicted octanol–water partition coefficient (Wildman–Crippen LogP) is 5.29. The Bertz CT molecular complexity index is 1170. The van der Waals surface area contributed by atoms with Gasteiger partial charge in [-0.2, -0.15) is 0 Å². The highest BCUT2D eigenvalue weighted by Gasteiger charge is 2.62. The largest absolute Gasteiger partial charge is 0.465 e. The number of aliphatic imine (C=N–C) groups is 1. The van der Waals surface area contributed by atoms with Crippen LogP contribution in [-0.4, -0.2) is 57.7 Å². The van der Waals surface area contributed by atoms with Crippen LogP contribution in [-0.2, 0) is 21.4 Å². The first-order valence-corrected chi connectivity index (χ1v) is 12.4. The fraction of sp³-hybridized carbons (Fsp3) is 0.538. The summed E-state index contributed by atoms with van der Waals surface area (Å²) >= 11 is 5.95. The molecule has 2 heterocycles. The van der Waals surface area contributed by atoms with E-state index in [0.717, 1.165) is 48.9 Å². The van der Waals surface area contributed by atoms with Crippen molar-refractivity contribution in [1.82, 2.24) is 15.1 Å². The zero-order valence-corrected chi connectivity index (χ0v) is 21.3. The molecule has 2 aromatic rings.